The lowest BCUT2D eigenvalue weighted by Crippen LogP contribution is -2.39. The highest BCUT2D eigenvalue weighted by Gasteiger charge is 2.45. The zero-order chi connectivity index (χ0) is 49.8. The number of benzene rings is 5. The van der Waals surface area contributed by atoms with Crippen molar-refractivity contribution in [2.24, 2.45) is 0 Å². The van der Waals surface area contributed by atoms with Gasteiger partial charge in [-0.3, -0.25) is 19.1 Å². The SMILES string of the molecule is COc1ccc(C(OC[C@H]2O[C@@H](n3cc(C#Cc4cccc(C(=O)c5ccc(C#N)cc5)c4)c(=O)[nH]c3=O)C[C@@H]2OP(OCCC#N)N(C(C)C)C(C)C)(c2ccccc2)c2ccc(OC)cc2)cc1. The molecule has 4 atom stereocenters. The molecule has 70 heavy (non-hydrogen) atoms. The maximum absolute atomic E-state index is 13.8. The van der Waals surface area contributed by atoms with E-state index in [4.69, 9.17) is 28.0 Å². The summed E-state index contributed by atoms with van der Waals surface area (Å²) in [6, 6.07) is 42.4. The van der Waals surface area contributed by atoms with Gasteiger partial charge in [0.05, 0.1) is 57.7 Å². The monoisotopic (exact) mass is 959 g/mol. The highest BCUT2D eigenvalue weighted by molar-refractivity contribution is 7.44. The Morgan fingerprint density at radius 1 is 0.800 bits per heavy atom. The number of nitrogens with one attached hydrogen (secondary N) is 1. The normalized spacial score (nSPS) is 16.0. The molecule has 7 rings (SSSR count). The minimum atomic E-state index is -1.78. The van der Waals surface area contributed by atoms with Crippen LogP contribution in [0, 0.1) is 34.5 Å². The number of ether oxygens (including phenoxy) is 4. The van der Waals surface area contributed by atoms with Crippen molar-refractivity contribution in [3.05, 3.63) is 199 Å². The van der Waals surface area contributed by atoms with E-state index >= 15 is 0 Å². The molecule has 1 aliphatic rings. The van der Waals surface area contributed by atoms with Gasteiger partial charge in [0, 0.05) is 41.4 Å². The fourth-order valence-electron chi connectivity index (χ4n) is 8.35. The quantitative estimate of drug-likeness (QED) is 0.0268. The molecule has 358 valence electrons. The predicted octanol–water partition coefficient (Wildman–Crippen LogP) is 9.01. The standard InChI is InChI=1S/C55H54N5O9P/c1-37(2)60(38(3)4)70(67-31-11-30-56)69-49-33-51(59-35-43(53(62)58-54(59)63)21-16-39-12-10-13-42(32-39)52(61)41-19-17-40(34-57)18-20-41)68-50(49)36-66-55(44-14-8-7-9-15-44,45-22-26-47(64-5)27-23-45)46-24-28-48(65-6)29-25-46/h7-10,12-15,17-20,22-29,32,35,37-38,49-51H,11,31,33,36H2,1-6H3,(H,58,62,63)/t49-,50+,51+,70?/m0/s1. The van der Waals surface area contributed by atoms with Crippen LogP contribution < -0.4 is 20.7 Å². The molecule has 0 spiro atoms. The second kappa shape index (κ2) is 23.4. The average Bonchev–Trinajstić information content (AvgIpc) is 3.78. The van der Waals surface area contributed by atoms with Gasteiger partial charge in [-0.15, -0.1) is 0 Å². The fraction of sp³-hybridized carbons (Fsp3) is 0.291. The van der Waals surface area contributed by atoms with Gasteiger partial charge in [-0.25, -0.2) is 9.46 Å². The van der Waals surface area contributed by atoms with Crippen LogP contribution in [0.25, 0.3) is 0 Å². The first-order valence-corrected chi connectivity index (χ1v) is 23.9. The average molecular weight is 960 g/mol. The number of methoxy groups -OCH3 is 2. The largest absolute Gasteiger partial charge is 0.497 e. The third-order valence-electron chi connectivity index (χ3n) is 11.7. The van der Waals surface area contributed by atoms with Crippen molar-refractivity contribution in [3.8, 4) is 35.5 Å². The Hall–Kier alpha value is -7.18. The van der Waals surface area contributed by atoms with Crippen molar-refractivity contribution in [1.82, 2.24) is 14.2 Å². The molecular formula is C55H54N5O9P. The van der Waals surface area contributed by atoms with Crippen LogP contribution in [-0.2, 0) is 24.1 Å². The Morgan fingerprint density at radius 2 is 1.43 bits per heavy atom. The molecule has 0 amide bonds. The number of aromatic amines is 1. The van der Waals surface area contributed by atoms with Gasteiger partial charge in [0.1, 0.15) is 35.0 Å². The number of nitrogens with zero attached hydrogens (tertiary/aromatic N) is 4. The van der Waals surface area contributed by atoms with Crippen LogP contribution in [0.2, 0.25) is 0 Å². The van der Waals surface area contributed by atoms with E-state index in [1.807, 2.05) is 113 Å². The third-order valence-corrected chi connectivity index (χ3v) is 13.9. The van der Waals surface area contributed by atoms with Crippen LogP contribution in [-0.4, -0.2) is 71.7 Å². The van der Waals surface area contributed by atoms with E-state index in [9.17, 15) is 24.9 Å². The lowest BCUT2D eigenvalue weighted by Gasteiger charge is -2.39. The number of carbonyl (C=O) groups is 1. The Bertz CT molecular complexity index is 2950. The second-order valence-electron chi connectivity index (χ2n) is 16.9. The molecule has 1 N–H and O–H groups in total. The summed E-state index contributed by atoms with van der Waals surface area (Å²) in [5.41, 5.74) is 1.45. The first-order valence-electron chi connectivity index (χ1n) is 22.8. The zero-order valence-electron chi connectivity index (χ0n) is 39.8. The molecular weight excluding hydrogens is 906 g/mol. The molecule has 1 fully saturated rings. The van der Waals surface area contributed by atoms with E-state index in [0.717, 1.165) is 16.7 Å². The van der Waals surface area contributed by atoms with Crippen molar-refractivity contribution in [2.45, 2.75) is 76.7 Å². The third kappa shape index (κ3) is 11.6. The number of aromatic nitrogens is 2. The minimum absolute atomic E-state index is 0.00498. The molecule has 1 aliphatic heterocycles. The molecule has 15 heteroatoms. The summed E-state index contributed by atoms with van der Waals surface area (Å²) in [6.45, 7) is 8.27. The number of H-pyrrole nitrogens is 1. The van der Waals surface area contributed by atoms with Crippen LogP contribution in [0.3, 0.4) is 0 Å². The van der Waals surface area contributed by atoms with Crippen LogP contribution >= 0.6 is 8.53 Å². The van der Waals surface area contributed by atoms with Gasteiger partial charge in [-0.05, 0) is 105 Å². The van der Waals surface area contributed by atoms with Gasteiger partial charge in [0.2, 0.25) is 0 Å². The van der Waals surface area contributed by atoms with Crippen molar-refractivity contribution in [3.63, 3.8) is 0 Å². The Morgan fingerprint density at radius 3 is 2.01 bits per heavy atom. The van der Waals surface area contributed by atoms with Gasteiger partial charge in [0.25, 0.3) is 14.1 Å². The van der Waals surface area contributed by atoms with Crippen LogP contribution in [0.15, 0.2) is 143 Å². The first-order chi connectivity index (χ1) is 33.9. The summed E-state index contributed by atoms with van der Waals surface area (Å²) >= 11 is 0. The number of hydrogen-bond donors (Lipinski definition) is 1. The van der Waals surface area contributed by atoms with E-state index in [0.29, 0.717) is 33.8 Å². The Labute approximate surface area is 408 Å². The molecule has 0 radical (unpaired) electrons. The van der Waals surface area contributed by atoms with E-state index in [1.165, 1.54) is 10.8 Å². The fourth-order valence-corrected chi connectivity index (χ4v) is 10.1. The molecule has 2 heterocycles. The molecule has 5 aromatic carbocycles. The molecule has 1 aromatic heterocycles. The highest BCUT2D eigenvalue weighted by atomic mass is 31.2. The van der Waals surface area contributed by atoms with Crippen molar-refractivity contribution in [1.29, 1.82) is 10.5 Å². The second-order valence-corrected chi connectivity index (χ2v) is 18.3. The van der Waals surface area contributed by atoms with E-state index in [1.54, 1.807) is 62.8 Å². The number of rotatable bonds is 19. The zero-order valence-corrected chi connectivity index (χ0v) is 40.7. The maximum atomic E-state index is 13.8. The lowest BCUT2D eigenvalue weighted by molar-refractivity contribution is -0.0925. The highest BCUT2D eigenvalue weighted by Crippen LogP contribution is 2.50. The number of ketones is 1. The molecule has 0 aliphatic carbocycles. The minimum Gasteiger partial charge on any atom is -0.497 e. The first kappa shape index (κ1) is 50.7. The smallest absolute Gasteiger partial charge is 0.330 e. The molecule has 0 saturated carbocycles. The summed E-state index contributed by atoms with van der Waals surface area (Å²) in [5.74, 6) is 6.95. The van der Waals surface area contributed by atoms with Gasteiger partial charge < -0.3 is 28.0 Å². The van der Waals surface area contributed by atoms with Crippen molar-refractivity contribution < 1.29 is 32.8 Å². The predicted molar refractivity (Wildman–Crippen MR) is 265 cm³/mol. The van der Waals surface area contributed by atoms with Gasteiger partial charge in [-0.1, -0.05) is 78.6 Å². The summed E-state index contributed by atoms with van der Waals surface area (Å²) < 4.78 is 42.0. The van der Waals surface area contributed by atoms with Crippen LogP contribution in [0.5, 0.6) is 11.5 Å². The van der Waals surface area contributed by atoms with Gasteiger partial charge >= 0.3 is 5.69 Å². The van der Waals surface area contributed by atoms with E-state index in [-0.39, 0.29) is 49.5 Å². The van der Waals surface area contributed by atoms with Gasteiger partial charge in [0.15, 0.2) is 5.78 Å². The number of carbonyl (C=O) groups excluding carboxylic acids is 1. The number of nitriles is 2. The Kier molecular flexibility index (Phi) is 17.0. The maximum Gasteiger partial charge on any atom is 0.330 e. The lowest BCUT2D eigenvalue weighted by atomic mass is 9.80. The summed E-state index contributed by atoms with van der Waals surface area (Å²) in [5, 5.41) is 18.6. The van der Waals surface area contributed by atoms with Crippen LogP contribution in [0.4, 0.5) is 0 Å². The van der Waals surface area contributed by atoms with Crippen molar-refractivity contribution in [2.75, 3.05) is 27.4 Å². The van der Waals surface area contributed by atoms with Gasteiger partial charge in [-0.2, -0.15) is 10.5 Å². The van der Waals surface area contributed by atoms with Crippen molar-refractivity contribution >= 4 is 14.3 Å². The summed E-state index contributed by atoms with van der Waals surface area (Å²) in [7, 11) is 1.44. The van der Waals surface area contributed by atoms with E-state index in [2.05, 4.69) is 27.6 Å². The Balaban J connectivity index is 1.27. The molecule has 0 bridgehead atoms. The topological polar surface area (TPSA) is 178 Å². The molecule has 1 unspecified atom stereocenters. The molecule has 14 nitrogen and oxygen atoms in total. The summed E-state index contributed by atoms with van der Waals surface area (Å²) in [6.07, 6.45) is -0.856. The molecule has 1 saturated heterocycles. The summed E-state index contributed by atoms with van der Waals surface area (Å²) in [4.78, 5) is 42.9. The van der Waals surface area contributed by atoms with Crippen LogP contribution in [0.1, 0.15) is 96.1 Å². The van der Waals surface area contributed by atoms with E-state index < -0.39 is 43.8 Å². The number of hydrogen-bond acceptors (Lipinski definition) is 12. The molecule has 6 aromatic rings.